The Morgan fingerprint density at radius 1 is 1.32 bits per heavy atom. The Labute approximate surface area is 151 Å². The normalized spacial score (nSPS) is 32.6. The van der Waals surface area contributed by atoms with Gasteiger partial charge in [0.25, 0.3) is 0 Å². The Morgan fingerprint density at radius 2 is 2.04 bits per heavy atom. The van der Waals surface area contributed by atoms with Gasteiger partial charge in [0.15, 0.2) is 5.96 Å². The predicted octanol–water partition coefficient (Wildman–Crippen LogP) is 2.04. The van der Waals surface area contributed by atoms with E-state index in [1.165, 1.54) is 6.42 Å². The van der Waals surface area contributed by atoms with Gasteiger partial charge in [-0.3, -0.25) is 9.79 Å². The fraction of sp³-hybridized carbons (Fsp3) is 0.895. The summed E-state index contributed by atoms with van der Waals surface area (Å²) in [5, 5.41) is 3.71. The van der Waals surface area contributed by atoms with Crippen molar-refractivity contribution in [3.63, 3.8) is 0 Å². The van der Waals surface area contributed by atoms with Crippen LogP contribution < -0.4 is 5.32 Å². The van der Waals surface area contributed by atoms with Gasteiger partial charge in [-0.15, -0.1) is 0 Å². The van der Waals surface area contributed by atoms with Crippen molar-refractivity contribution in [3.05, 3.63) is 0 Å². The van der Waals surface area contributed by atoms with E-state index in [4.69, 9.17) is 9.47 Å². The third-order valence-corrected chi connectivity index (χ3v) is 6.24. The first-order chi connectivity index (χ1) is 12.0. The first-order valence-corrected chi connectivity index (χ1v) is 9.75. The van der Waals surface area contributed by atoms with Gasteiger partial charge in [-0.1, -0.05) is 13.8 Å². The Morgan fingerprint density at radius 3 is 2.68 bits per heavy atom. The number of fused-ring (bicyclic) bond motifs is 1. The average Bonchev–Trinajstić information content (AvgIpc) is 2.63. The molecule has 2 aliphatic heterocycles. The van der Waals surface area contributed by atoms with Crippen molar-refractivity contribution in [1.82, 2.24) is 10.2 Å². The van der Waals surface area contributed by atoms with Crippen LogP contribution in [0.5, 0.6) is 0 Å². The van der Waals surface area contributed by atoms with Crippen LogP contribution in [0.25, 0.3) is 0 Å². The number of nitrogens with zero attached hydrogens (tertiary/aromatic N) is 2. The van der Waals surface area contributed by atoms with Crippen LogP contribution >= 0.6 is 0 Å². The largest absolute Gasteiger partial charge is 0.466 e. The minimum atomic E-state index is -0.0487. The lowest BCUT2D eigenvalue weighted by Crippen LogP contribution is -2.71. The minimum absolute atomic E-state index is 0.0329. The summed E-state index contributed by atoms with van der Waals surface area (Å²) in [4.78, 5) is 18.7. The maximum absolute atomic E-state index is 11.9. The van der Waals surface area contributed by atoms with Crippen LogP contribution in [0.2, 0.25) is 0 Å². The molecule has 1 N–H and O–H groups in total. The van der Waals surface area contributed by atoms with E-state index in [0.29, 0.717) is 24.7 Å². The van der Waals surface area contributed by atoms with Crippen molar-refractivity contribution < 1.29 is 14.3 Å². The molecule has 0 radical (unpaired) electrons. The van der Waals surface area contributed by atoms with Crippen LogP contribution in [-0.4, -0.2) is 62.3 Å². The van der Waals surface area contributed by atoms with Crippen LogP contribution in [0.1, 0.15) is 46.5 Å². The molecule has 3 rings (SSSR count). The molecule has 6 nitrogen and oxygen atoms in total. The van der Waals surface area contributed by atoms with Crippen LogP contribution in [0.15, 0.2) is 4.99 Å². The van der Waals surface area contributed by atoms with E-state index in [1.807, 2.05) is 14.0 Å². The van der Waals surface area contributed by atoms with E-state index >= 15 is 0 Å². The zero-order chi connectivity index (χ0) is 18.0. The van der Waals surface area contributed by atoms with Crippen molar-refractivity contribution in [3.8, 4) is 0 Å². The summed E-state index contributed by atoms with van der Waals surface area (Å²) >= 11 is 0. The Balaban J connectivity index is 1.56. The predicted molar refractivity (Wildman–Crippen MR) is 97.5 cm³/mol. The Kier molecular flexibility index (Phi) is 5.56. The topological polar surface area (TPSA) is 63.2 Å². The van der Waals surface area contributed by atoms with Gasteiger partial charge in [0, 0.05) is 44.1 Å². The molecule has 0 aromatic heterocycles. The fourth-order valence-corrected chi connectivity index (χ4v) is 4.84. The summed E-state index contributed by atoms with van der Waals surface area (Å²) in [5.41, 5.74) is 0.129. The summed E-state index contributed by atoms with van der Waals surface area (Å²) in [6, 6.07) is 0.402. The first kappa shape index (κ1) is 18.5. The number of aliphatic imine (C=N–C) groups is 1. The number of esters is 1. The Hall–Kier alpha value is -1.30. The van der Waals surface area contributed by atoms with E-state index in [-0.39, 0.29) is 17.3 Å². The quantitative estimate of drug-likeness (QED) is 0.479. The minimum Gasteiger partial charge on any atom is -0.466 e. The molecule has 2 saturated heterocycles. The lowest BCUT2D eigenvalue weighted by molar-refractivity contribution is -0.188. The smallest absolute Gasteiger partial charge is 0.309 e. The molecule has 3 unspecified atom stereocenters. The van der Waals surface area contributed by atoms with Gasteiger partial charge in [0.1, 0.15) is 0 Å². The van der Waals surface area contributed by atoms with Gasteiger partial charge < -0.3 is 19.7 Å². The number of hydrogen-bond acceptors (Lipinski definition) is 4. The highest BCUT2D eigenvalue weighted by molar-refractivity contribution is 5.81. The van der Waals surface area contributed by atoms with Crippen LogP contribution in [0, 0.1) is 17.3 Å². The van der Waals surface area contributed by atoms with E-state index < -0.39 is 0 Å². The second-order valence-corrected chi connectivity index (χ2v) is 8.10. The molecule has 0 bridgehead atoms. The summed E-state index contributed by atoms with van der Waals surface area (Å²) in [6.45, 7) is 9.50. The number of carbonyl (C=O) groups excluding carboxylic acids is 1. The summed E-state index contributed by atoms with van der Waals surface area (Å²) in [5.74, 6) is 1.53. The molecule has 6 heteroatoms. The number of ether oxygens (including phenoxy) is 2. The maximum Gasteiger partial charge on any atom is 0.309 e. The van der Waals surface area contributed by atoms with Crippen LogP contribution in [0.3, 0.4) is 0 Å². The summed E-state index contributed by atoms with van der Waals surface area (Å²) in [6.07, 6.45) is 4.42. The summed E-state index contributed by atoms with van der Waals surface area (Å²) in [7, 11) is 1.85. The standard InChI is InChI=1S/C19H33N3O3/c1-5-24-17(23)13-8-10-22(11-9-13)18(20-4)21-15-14-7-6-12-25-16(14)19(15,2)3/h13-16H,5-12H2,1-4H3,(H,20,21). The lowest BCUT2D eigenvalue weighted by atomic mass is 9.55. The van der Waals surface area contributed by atoms with Crippen molar-refractivity contribution in [2.75, 3.05) is 33.4 Å². The lowest BCUT2D eigenvalue weighted by Gasteiger charge is -2.60. The first-order valence-electron chi connectivity index (χ1n) is 9.75. The molecule has 1 saturated carbocycles. The van der Waals surface area contributed by atoms with Crippen molar-refractivity contribution >= 4 is 11.9 Å². The second-order valence-electron chi connectivity index (χ2n) is 8.10. The molecule has 3 aliphatic rings. The van der Waals surface area contributed by atoms with Gasteiger partial charge >= 0.3 is 5.97 Å². The highest BCUT2D eigenvalue weighted by Gasteiger charge is 2.58. The van der Waals surface area contributed by atoms with Gasteiger partial charge in [0.2, 0.25) is 0 Å². The van der Waals surface area contributed by atoms with Crippen LogP contribution in [0.4, 0.5) is 0 Å². The fourth-order valence-electron chi connectivity index (χ4n) is 4.84. The van der Waals surface area contributed by atoms with Gasteiger partial charge in [-0.05, 0) is 32.6 Å². The number of rotatable bonds is 3. The number of carbonyl (C=O) groups is 1. The van der Waals surface area contributed by atoms with E-state index in [1.54, 1.807) is 0 Å². The Bertz CT molecular complexity index is 512. The monoisotopic (exact) mass is 351 g/mol. The molecule has 0 aromatic rings. The van der Waals surface area contributed by atoms with Gasteiger partial charge in [-0.25, -0.2) is 0 Å². The average molecular weight is 351 g/mol. The number of guanidine groups is 1. The van der Waals surface area contributed by atoms with E-state index in [2.05, 4.69) is 29.1 Å². The molecule has 3 atom stereocenters. The number of piperidine rings is 1. The highest BCUT2D eigenvalue weighted by Crippen LogP contribution is 2.51. The van der Waals surface area contributed by atoms with Crippen molar-refractivity contribution in [2.45, 2.75) is 58.6 Å². The number of nitrogens with one attached hydrogen (secondary N) is 1. The molecular weight excluding hydrogens is 318 g/mol. The number of likely N-dealkylation sites (tertiary alicyclic amines) is 1. The zero-order valence-electron chi connectivity index (χ0n) is 16.1. The summed E-state index contributed by atoms with van der Waals surface area (Å²) < 4.78 is 11.2. The third kappa shape index (κ3) is 3.50. The highest BCUT2D eigenvalue weighted by atomic mass is 16.5. The van der Waals surface area contributed by atoms with Gasteiger partial charge in [0.05, 0.1) is 18.6 Å². The molecule has 0 spiro atoms. The maximum atomic E-state index is 11.9. The van der Waals surface area contributed by atoms with Crippen LogP contribution in [-0.2, 0) is 14.3 Å². The molecule has 2 heterocycles. The molecule has 0 aromatic carbocycles. The third-order valence-electron chi connectivity index (χ3n) is 6.24. The zero-order valence-corrected chi connectivity index (χ0v) is 16.1. The molecular formula is C19H33N3O3. The molecule has 3 fully saturated rings. The second kappa shape index (κ2) is 7.52. The SMILES string of the molecule is CCOC(=O)C1CCN(C(=NC)NC2C3CCCOC3C2(C)C)CC1. The molecule has 142 valence electrons. The van der Waals surface area contributed by atoms with Crippen molar-refractivity contribution in [2.24, 2.45) is 22.2 Å². The number of hydrogen-bond donors (Lipinski definition) is 1. The van der Waals surface area contributed by atoms with Crippen molar-refractivity contribution in [1.29, 1.82) is 0 Å². The van der Waals surface area contributed by atoms with Gasteiger partial charge in [-0.2, -0.15) is 0 Å². The van der Waals surface area contributed by atoms with E-state index in [9.17, 15) is 4.79 Å². The molecule has 1 aliphatic carbocycles. The van der Waals surface area contributed by atoms with E-state index in [0.717, 1.165) is 44.9 Å². The molecule has 0 amide bonds. The molecule has 25 heavy (non-hydrogen) atoms.